The average molecular weight is 275 g/mol. The van der Waals surface area contributed by atoms with Gasteiger partial charge in [-0.15, -0.1) is 10.2 Å². The van der Waals surface area contributed by atoms with Crippen molar-refractivity contribution in [2.24, 2.45) is 0 Å². The van der Waals surface area contributed by atoms with Gasteiger partial charge in [0.2, 0.25) is 0 Å². The molecule has 0 saturated heterocycles. The summed E-state index contributed by atoms with van der Waals surface area (Å²) in [6.45, 7) is 2.80. The summed E-state index contributed by atoms with van der Waals surface area (Å²) in [4.78, 5) is 4.09. The van der Waals surface area contributed by atoms with E-state index in [-0.39, 0.29) is 0 Å². The molecule has 0 amide bonds. The minimum Gasteiger partial charge on any atom is -0.368 e. The lowest BCUT2D eigenvalue weighted by Crippen LogP contribution is -2.02. The van der Waals surface area contributed by atoms with Crippen LogP contribution in [-0.4, -0.2) is 21.7 Å². The molecule has 0 radical (unpaired) electrons. The Bertz CT molecular complexity index is 835. The van der Waals surface area contributed by atoms with Gasteiger partial charge in [0.05, 0.1) is 5.56 Å². The van der Waals surface area contributed by atoms with Crippen molar-refractivity contribution >= 4 is 16.6 Å². The van der Waals surface area contributed by atoms with Crippen LogP contribution in [0, 0.1) is 11.3 Å². The van der Waals surface area contributed by atoms with E-state index in [0.29, 0.717) is 5.56 Å². The van der Waals surface area contributed by atoms with Crippen LogP contribution in [0.5, 0.6) is 0 Å². The molecule has 0 atom stereocenters. The molecule has 0 aliphatic rings. The van der Waals surface area contributed by atoms with Crippen molar-refractivity contribution in [1.29, 1.82) is 5.26 Å². The Kier molecular flexibility index (Phi) is 3.44. The molecule has 3 rings (SSSR count). The van der Waals surface area contributed by atoms with E-state index >= 15 is 0 Å². The van der Waals surface area contributed by atoms with Gasteiger partial charge in [-0.3, -0.25) is 4.98 Å². The first kappa shape index (κ1) is 13.0. The molecule has 2 aromatic heterocycles. The van der Waals surface area contributed by atoms with Gasteiger partial charge in [0.1, 0.15) is 11.8 Å². The van der Waals surface area contributed by atoms with Crippen molar-refractivity contribution in [3.05, 3.63) is 48.3 Å². The molecule has 2 heterocycles. The number of fused-ring (bicyclic) bond motifs is 1. The molecular weight excluding hydrogens is 262 g/mol. The summed E-state index contributed by atoms with van der Waals surface area (Å²) in [6, 6.07) is 11.8. The highest BCUT2D eigenvalue weighted by atomic mass is 15.2. The van der Waals surface area contributed by atoms with E-state index in [4.69, 9.17) is 5.26 Å². The van der Waals surface area contributed by atoms with E-state index in [1.165, 1.54) is 6.20 Å². The van der Waals surface area contributed by atoms with Crippen LogP contribution in [0.25, 0.3) is 22.0 Å². The van der Waals surface area contributed by atoms with E-state index in [2.05, 4.69) is 26.6 Å². The second-order valence-corrected chi connectivity index (χ2v) is 4.55. The van der Waals surface area contributed by atoms with Gasteiger partial charge in [-0.2, -0.15) is 5.26 Å². The summed E-state index contributed by atoms with van der Waals surface area (Å²) in [6.07, 6.45) is 3.23. The van der Waals surface area contributed by atoms with Gasteiger partial charge in [0.15, 0.2) is 5.82 Å². The summed E-state index contributed by atoms with van der Waals surface area (Å²) in [5, 5.41) is 22.8. The summed E-state index contributed by atoms with van der Waals surface area (Å²) in [7, 11) is 0. The fraction of sp³-hybridized carbons (Fsp3) is 0.125. The van der Waals surface area contributed by atoms with Crippen LogP contribution in [-0.2, 0) is 0 Å². The maximum Gasteiger partial charge on any atom is 0.156 e. The van der Waals surface area contributed by atoms with Crippen molar-refractivity contribution in [2.45, 2.75) is 6.92 Å². The van der Waals surface area contributed by atoms with Crippen molar-refractivity contribution in [2.75, 3.05) is 11.9 Å². The predicted molar refractivity (Wildman–Crippen MR) is 81.6 cm³/mol. The number of rotatable bonds is 3. The molecular formula is C16H13N5. The molecule has 0 aliphatic carbocycles. The van der Waals surface area contributed by atoms with Gasteiger partial charge in [-0.1, -0.05) is 24.3 Å². The van der Waals surface area contributed by atoms with Gasteiger partial charge < -0.3 is 5.32 Å². The topological polar surface area (TPSA) is 74.5 Å². The van der Waals surface area contributed by atoms with Crippen LogP contribution in [0.15, 0.2) is 42.7 Å². The molecule has 21 heavy (non-hydrogen) atoms. The highest BCUT2D eigenvalue weighted by Crippen LogP contribution is 2.29. The minimum absolute atomic E-state index is 0.508. The van der Waals surface area contributed by atoms with Crippen molar-refractivity contribution < 1.29 is 0 Å². The highest BCUT2D eigenvalue weighted by Gasteiger charge is 2.11. The number of anilines is 1. The van der Waals surface area contributed by atoms with Gasteiger partial charge in [-0.25, -0.2) is 0 Å². The Morgan fingerprint density at radius 3 is 2.71 bits per heavy atom. The van der Waals surface area contributed by atoms with Crippen LogP contribution in [0.3, 0.4) is 0 Å². The molecule has 0 aliphatic heterocycles. The first-order valence-corrected chi connectivity index (χ1v) is 6.68. The van der Waals surface area contributed by atoms with Crippen molar-refractivity contribution in [1.82, 2.24) is 15.2 Å². The van der Waals surface area contributed by atoms with E-state index in [0.717, 1.165) is 34.4 Å². The molecule has 5 nitrogen and oxygen atoms in total. The highest BCUT2D eigenvalue weighted by molar-refractivity contribution is 5.99. The summed E-state index contributed by atoms with van der Waals surface area (Å²) in [5.41, 5.74) is 2.03. The monoisotopic (exact) mass is 275 g/mol. The molecule has 102 valence electrons. The Morgan fingerprint density at radius 2 is 1.95 bits per heavy atom. The first-order chi connectivity index (χ1) is 10.3. The van der Waals surface area contributed by atoms with Crippen LogP contribution >= 0.6 is 0 Å². The lowest BCUT2D eigenvalue weighted by molar-refractivity contribution is 1.03. The molecule has 1 N–H and O–H groups in total. The number of nitrogens with zero attached hydrogens (tertiary/aromatic N) is 4. The molecule has 0 saturated carbocycles. The zero-order valence-corrected chi connectivity index (χ0v) is 11.5. The number of hydrogen-bond donors (Lipinski definition) is 1. The Morgan fingerprint density at radius 1 is 1.14 bits per heavy atom. The summed E-state index contributed by atoms with van der Waals surface area (Å²) >= 11 is 0. The third-order valence-electron chi connectivity index (χ3n) is 3.17. The molecule has 0 unspecified atom stereocenters. The third kappa shape index (κ3) is 2.39. The fourth-order valence-electron chi connectivity index (χ4n) is 2.25. The second-order valence-electron chi connectivity index (χ2n) is 4.55. The molecule has 0 spiro atoms. The quantitative estimate of drug-likeness (QED) is 0.795. The van der Waals surface area contributed by atoms with Crippen LogP contribution in [0.1, 0.15) is 12.5 Å². The van der Waals surface area contributed by atoms with E-state index in [1.54, 1.807) is 12.3 Å². The minimum atomic E-state index is 0.508. The number of nitriles is 1. The largest absolute Gasteiger partial charge is 0.368 e. The number of pyridine rings is 1. The molecule has 1 aromatic carbocycles. The number of benzene rings is 1. The van der Waals surface area contributed by atoms with Gasteiger partial charge >= 0.3 is 0 Å². The number of hydrogen-bond acceptors (Lipinski definition) is 5. The summed E-state index contributed by atoms with van der Waals surface area (Å²) in [5.74, 6) is 0.765. The number of aromatic nitrogens is 3. The smallest absolute Gasteiger partial charge is 0.156 e. The van der Waals surface area contributed by atoms with Crippen molar-refractivity contribution in [3.63, 3.8) is 0 Å². The van der Waals surface area contributed by atoms with Crippen LogP contribution in [0.4, 0.5) is 5.82 Å². The number of nitrogens with one attached hydrogen (secondary N) is 1. The maximum atomic E-state index is 9.00. The van der Waals surface area contributed by atoms with E-state index in [9.17, 15) is 0 Å². The zero-order valence-electron chi connectivity index (χ0n) is 11.5. The van der Waals surface area contributed by atoms with Gasteiger partial charge in [0.25, 0.3) is 0 Å². The second kappa shape index (κ2) is 5.55. The third-order valence-corrected chi connectivity index (χ3v) is 3.17. The SMILES string of the molecule is CCNc1nnc(-c2cncc(C#N)c2)c2ccccc12. The van der Waals surface area contributed by atoms with Crippen LogP contribution in [0.2, 0.25) is 0 Å². The van der Waals surface area contributed by atoms with Gasteiger partial charge in [0, 0.05) is 35.3 Å². The van der Waals surface area contributed by atoms with Crippen LogP contribution < -0.4 is 5.32 Å². The Labute approximate surface area is 122 Å². The van der Waals surface area contributed by atoms with Crippen molar-refractivity contribution in [3.8, 4) is 17.3 Å². The fourth-order valence-corrected chi connectivity index (χ4v) is 2.25. The maximum absolute atomic E-state index is 9.00. The lowest BCUT2D eigenvalue weighted by Gasteiger charge is -2.09. The average Bonchev–Trinajstić information content (AvgIpc) is 2.55. The van der Waals surface area contributed by atoms with E-state index < -0.39 is 0 Å². The zero-order chi connectivity index (χ0) is 14.7. The lowest BCUT2D eigenvalue weighted by atomic mass is 10.1. The standard InChI is InChI=1S/C16H13N5/c1-2-19-16-14-6-4-3-5-13(14)15(20-21-16)12-7-11(8-17)9-18-10-12/h3-7,9-10H,2H2,1H3,(H,19,21). The molecule has 0 bridgehead atoms. The van der Waals surface area contributed by atoms with Gasteiger partial charge in [-0.05, 0) is 13.0 Å². The van der Waals surface area contributed by atoms with E-state index in [1.807, 2.05) is 31.2 Å². The Balaban J connectivity index is 2.24. The molecule has 5 heteroatoms. The normalized spacial score (nSPS) is 10.3. The summed E-state index contributed by atoms with van der Waals surface area (Å²) < 4.78 is 0. The molecule has 3 aromatic rings. The Hall–Kier alpha value is -3.00. The first-order valence-electron chi connectivity index (χ1n) is 6.68. The predicted octanol–water partition coefficient (Wildman–Crippen LogP) is 3.00. The molecule has 0 fully saturated rings.